The summed E-state index contributed by atoms with van der Waals surface area (Å²) in [6, 6.07) is 69.4. The molecule has 0 aliphatic rings. The van der Waals surface area contributed by atoms with Gasteiger partial charge in [0.05, 0.1) is 28.0 Å². The van der Waals surface area contributed by atoms with Gasteiger partial charge in [0.2, 0.25) is 0 Å². The highest BCUT2D eigenvalue weighted by Crippen LogP contribution is 2.44. The summed E-state index contributed by atoms with van der Waals surface area (Å²) in [7, 11) is 0. The molecule has 276 valence electrons. The monoisotopic (exact) mass is 787 g/mol. The Labute approximate surface area is 345 Å². The molecule has 3 aromatic heterocycles. The van der Waals surface area contributed by atoms with Crippen LogP contribution in [0.5, 0.6) is 0 Å². The fraction of sp³-hybridized carbons (Fsp3) is 0. The summed E-state index contributed by atoms with van der Waals surface area (Å²) in [5, 5.41) is 12.9. The summed E-state index contributed by atoms with van der Waals surface area (Å²) in [5.74, 6) is 0. The Balaban J connectivity index is 1.05. The number of pyridine rings is 2. The van der Waals surface area contributed by atoms with Crippen molar-refractivity contribution in [1.29, 1.82) is 0 Å². The molecular weight excluding hydrogens is 754 g/mol. The second kappa shape index (κ2) is 13.3. The lowest BCUT2D eigenvalue weighted by molar-refractivity contribution is 1.32. The zero-order chi connectivity index (χ0) is 39.1. The number of nitrogens with zero attached hydrogens (tertiary/aromatic N) is 3. The molecule has 0 spiro atoms. The lowest BCUT2D eigenvalue weighted by atomic mass is 9.97. The smallest absolute Gasteiger partial charge is 0.147 e. The van der Waals surface area contributed by atoms with Crippen molar-refractivity contribution in [1.82, 2.24) is 14.4 Å². The summed E-state index contributed by atoms with van der Waals surface area (Å²) < 4.78 is 2.36. The van der Waals surface area contributed by atoms with Crippen LogP contribution in [0.3, 0.4) is 0 Å². The number of rotatable bonds is 5. The number of hydrogen-bond acceptors (Lipinski definition) is 3. The Morgan fingerprint density at radius 1 is 0.407 bits per heavy atom. The van der Waals surface area contributed by atoms with Crippen LogP contribution in [-0.2, 0) is 11.8 Å². The Kier molecular flexibility index (Phi) is 7.68. The lowest BCUT2D eigenvalue weighted by Crippen LogP contribution is -2.26. The fourth-order valence-electron chi connectivity index (χ4n) is 9.06. The van der Waals surface area contributed by atoms with E-state index in [0.29, 0.717) is 0 Å². The van der Waals surface area contributed by atoms with E-state index in [1.54, 1.807) is 0 Å². The highest BCUT2D eigenvalue weighted by molar-refractivity contribution is 8.25. The molecule has 3 nitrogen and oxygen atoms in total. The molecule has 0 saturated carbocycles. The van der Waals surface area contributed by atoms with Crippen LogP contribution in [0.4, 0.5) is 0 Å². The zero-order valence-electron chi connectivity index (χ0n) is 31.8. The second-order valence-electron chi connectivity index (χ2n) is 15.4. The highest BCUT2D eigenvalue weighted by Gasteiger charge is 2.27. The number of imidazole rings is 1. The van der Waals surface area contributed by atoms with Crippen molar-refractivity contribution >= 4 is 105 Å². The molecule has 0 atom stereocenters. The minimum absolute atomic E-state index is 0.931. The third-order valence-electron chi connectivity index (χ3n) is 12.0. The summed E-state index contributed by atoms with van der Waals surface area (Å²) >= 11 is 6.90. The van der Waals surface area contributed by atoms with Crippen molar-refractivity contribution in [3.8, 4) is 22.3 Å². The van der Waals surface area contributed by atoms with Gasteiger partial charge in [0.15, 0.2) is 0 Å². The van der Waals surface area contributed by atoms with E-state index < -0.39 is 6.04 Å². The van der Waals surface area contributed by atoms with Crippen LogP contribution in [0.25, 0.3) is 92.9 Å². The summed E-state index contributed by atoms with van der Waals surface area (Å²) in [4.78, 5) is 10.6. The van der Waals surface area contributed by atoms with Crippen molar-refractivity contribution in [2.75, 3.05) is 0 Å². The van der Waals surface area contributed by atoms with Gasteiger partial charge in [0.25, 0.3) is 0 Å². The molecule has 12 rings (SSSR count). The first kappa shape index (κ1) is 34.1. The minimum atomic E-state index is -2.55. The van der Waals surface area contributed by atoms with E-state index in [1.807, 2.05) is 6.20 Å². The van der Waals surface area contributed by atoms with Gasteiger partial charge in [-0.15, -0.1) is 0 Å². The molecule has 59 heavy (non-hydrogen) atoms. The molecule has 3 heterocycles. The third kappa shape index (κ3) is 5.38. The van der Waals surface area contributed by atoms with E-state index in [1.165, 1.54) is 54.2 Å². The molecule has 9 aromatic carbocycles. The van der Waals surface area contributed by atoms with Gasteiger partial charge in [0.1, 0.15) is 5.65 Å². The number of fused-ring (bicyclic) bond motifs is 12. The normalized spacial score (nSPS) is 12.1. The van der Waals surface area contributed by atoms with Gasteiger partial charge in [-0.2, -0.15) is 0 Å². The molecule has 0 saturated heterocycles. The van der Waals surface area contributed by atoms with E-state index in [-0.39, 0.29) is 0 Å². The zero-order valence-corrected chi connectivity index (χ0v) is 33.5. The quantitative estimate of drug-likeness (QED) is 0.129. The first-order valence-corrected chi connectivity index (χ1v) is 22.7. The number of hydrogen-bond donors (Lipinski definition) is 0. The van der Waals surface area contributed by atoms with Gasteiger partial charge >= 0.3 is 0 Å². The third-order valence-corrected chi connectivity index (χ3v) is 16.8. The predicted octanol–water partition coefficient (Wildman–Crippen LogP) is 12.7. The summed E-state index contributed by atoms with van der Waals surface area (Å²) in [6.07, 6.45) is 2.02. The van der Waals surface area contributed by atoms with Crippen molar-refractivity contribution in [2.24, 2.45) is 0 Å². The first-order chi connectivity index (χ1) is 29.1. The lowest BCUT2D eigenvalue weighted by Gasteiger charge is -2.24. The molecule has 0 aliphatic heterocycles. The Bertz CT molecular complexity index is 3620. The van der Waals surface area contributed by atoms with Crippen LogP contribution in [-0.4, -0.2) is 14.4 Å². The predicted molar refractivity (Wildman–Crippen MR) is 255 cm³/mol. The van der Waals surface area contributed by atoms with Crippen LogP contribution in [0.15, 0.2) is 206 Å². The minimum Gasteiger partial charge on any atom is -0.292 e. The maximum Gasteiger partial charge on any atom is 0.147 e. The molecule has 0 bridgehead atoms. The molecule has 0 aliphatic carbocycles. The van der Waals surface area contributed by atoms with Gasteiger partial charge in [-0.05, 0) is 107 Å². The van der Waals surface area contributed by atoms with E-state index in [0.717, 1.165) is 54.8 Å². The second-order valence-corrected chi connectivity index (χ2v) is 19.7. The summed E-state index contributed by atoms with van der Waals surface area (Å²) in [6.45, 7) is 0. The molecule has 0 unspecified atom stereocenters. The maximum atomic E-state index is 6.90. The average Bonchev–Trinajstić information content (AvgIpc) is 3.70. The van der Waals surface area contributed by atoms with Crippen molar-refractivity contribution < 1.29 is 0 Å². The van der Waals surface area contributed by atoms with Gasteiger partial charge in [-0.1, -0.05) is 170 Å². The Morgan fingerprint density at radius 3 is 1.73 bits per heavy atom. The molecular formula is C54H34N3PS. The van der Waals surface area contributed by atoms with Crippen LogP contribution in [0.2, 0.25) is 0 Å². The molecule has 0 fully saturated rings. The van der Waals surface area contributed by atoms with E-state index in [9.17, 15) is 0 Å². The number of benzene rings is 9. The van der Waals surface area contributed by atoms with Crippen LogP contribution in [0, 0.1) is 0 Å². The Morgan fingerprint density at radius 2 is 1.02 bits per heavy atom. The average molecular weight is 788 g/mol. The summed E-state index contributed by atoms with van der Waals surface area (Å²) in [5.41, 5.74) is 9.59. The van der Waals surface area contributed by atoms with Crippen LogP contribution in [0.1, 0.15) is 0 Å². The van der Waals surface area contributed by atoms with Gasteiger partial charge < -0.3 is 0 Å². The molecule has 5 heteroatoms. The van der Waals surface area contributed by atoms with E-state index in [4.69, 9.17) is 21.8 Å². The molecule has 0 N–H and O–H groups in total. The van der Waals surface area contributed by atoms with Crippen molar-refractivity contribution in [2.45, 2.75) is 0 Å². The van der Waals surface area contributed by atoms with E-state index >= 15 is 0 Å². The largest absolute Gasteiger partial charge is 0.292 e. The maximum absolute atomic E-state index is 6.90. The van der Waals surface area contributed by atoms with Gasteiger partial charge in [-0.3, -0.25) is 9.38 Å². The molecule has 0 amide bonds. The highest BCUT2D eigenvalue weighted by atomic mass is 32.4. The first-order valence-electron chi connectivity index (χ1n) is 19.9. The standard InChI is InChI=1S/C54H34N3PS/c59-58(44-24-18-36-12-4-6-15-39(36)30-44,45-25-19-37-13-5-7-16-40(37)31-45)52-29-23-43(34-55-52)41-22-28-50-48(32-41)47-26-20-38-14-8-9-17-46(38)53(47)54-56-49-27-21-42(33-51(49)57(50)54)35-10-2-1-3-11-35/h1-34H. The number of aromatic nitrogens is 3. The van der Waals surface area contributed by atoms with E-state index in [2.05, 4.69) is 205 Å². The Hall–Kier alpha value is -6.97. The fourth-order valence-corrected chi connectivity index (χ4v) is 12.6. The van der Waals surface area contributed by atoms with Gasteiger partial charge in [-0.25, -0.2) is 4.98 Å². The molecule has 12 aromatic rings. The van der Waals surface area contributed by atoms with Crippen molar-refractivity contribution in [3.63, 3.8) is 0 Å². The van der Waals surface area contributed by atoms with Crippen LogP contribution < -0.4 is 16.0 Å². The van der Waals surface area contributed by atoms with Crippen molar-refractivity contribution in [3.05, 3.63) is 206 Å². The van der Waals surface area contributed by atoms with Gasteiger partial charge in [0, 0.05) is 22.5 Å². The SMILES string of the molecule is S=P(c1ccc2ccccc2c1)(c1ccc2ccccc2c1)c1ccc(-c2ccc3c(c2)c2ccc4ccccc4c2c2nc4ccc(-c5ccccc5)cc4n32)cn1. The molecule has 0 radical (unpaired) electrons. The topological polar surface area (TPSA) is 30.2 Å². The van der Waals surface area contributed by atoms with Crippen LogP contribution >= 0.6 is 6.04 Å².